The first kappa shape index (κ1) is 21.1. The van der Waals surface area contributed by atoms with Gasteiger partial charge in [0.05, 0.1) is 0 Å². The number of aryl methyl sites for hydroxylation is 1. The molecule has 2 aromatic rings. The van der Waals surface area contributed by atoms with E-state index in [1.165, 1.54) is 0 Å². The molecule has 0 unspecified atom stereocenters. The monoisotopic (exact) mass is 419 g/mol. The van der Waals surface area contributed by atoms with Crippen LogP contribution in [0.3, 0.4) is 0 Å². The maximum atomic E-state index is 13.4. The zero-order valence-electron chi connectivity index (χ0n) is 18.2. The van der Waals surface area contributed by atoms with Gasteiger partial charge in [0.1, 0.15) is 6.04 Å². The van der Waals surface area contributed by atoms with Gasteiger partial charge in [0.15, 0.2) is 0 Å². The molecule has 0 spiro atoms. The number of anilines is 1. The van der Waals surface area contributed by atoms with Crippen molar-refractivity contribution in [1.29, 1.82) is 0 Å². The lowest BCUT2D eigenvalue weighted by molar-refractivity contribution is -0.135. The van der Waals surface area contributed by atoms with Crippen LogP contribution < -0.4 is 5.32 Å². The largest absolute Gasteiger partial charge is 0.341 e. The molecule has 4 rings (SSSR count). The van der Waals surface area contributed by atoms with Gasteiger partial charge in [-0.05, 0) is 55.2 Å². The lowest BCUT2D eigenvalue weighted by Crippen LogP contribution is -2.53. The van der Waals surface area contributed by atoms with Crippen LogP contribution in [-0.4, -0.2) is 46.7 Å². The normalized spacial score (nSPS) is 17.9. The molecule has 0 radical (unpaired) electrons. The lowest BCUT2D eigenvalue weighted by atomic mass is 9.92. The van der Waals surface area contributed by atoms with Gasteiger partial charge in [-0.15, -0.1) is 0 Å². The second-order valence-electron chi connectivity index (χ2n) is 8.44. The first-order chi connectivity index (χ1) is 15.0. The number of rotatable bonds is 4. The molecule has 1 fully saturated rings. The molecule has 0 aromatic heterocycles. The maximum Gasteiger partial charge on any atom is 0.254 e. The topological polar surface area (TPSA) is 69.7 Å². The SMILES string of the molecule is CCC(=O)Nc1ccc2c(c1)CN(C(=O)c1ccc(C)cc1)[C@H](C(=O)N1CCCC1)C2. The summed E-state index contributed by atoms with van der Waals surface area (Å²) < 4.78 is 0. The highest BCUT2D eigenvalue weighted by atomic mass is 16.2. The van der Waals surface area contributed by atoms with Gasteiger partial charge in [-0.25, -0.2) is 0 Å². The van der Waals surface area contributed by atoms with Crippen molar-refractivity contribution in [3.05, 3.63) is 64.7 Å². The Morgan fingerprint density at radius 2 is 1.71 bits per heavy atom. The van der Waals surface area contributed by atoms with Gasteiger partial charge in [0, 0.05) is 43.7 Å². The van der Waals surface area contributed by atoms with E-state index in [0.29, 0.717) is 24.9 Å². The summed E-state index contributed by atoms with van der Waals surface area (Å²) in [5, 5.41) is 2.88. The number of fused-ring (bicyclic) bond motifs is 1. The molecule has 0 bridgehead atoms. The van der Waals surface area contributed by atoms with E-state index in [1.54, 1.807) is 4.90 Å². The molecular formula is C25H29N3O3. The lowest BCUT2D eigenvalue weighted by Gasteiger charge is -2.38. The molecule has 31 heavy (non-hydrogen) atoms. The molecule has 2 aromatic carbocycles. The van der Waals surface area contributed by atoms with Crippen LogP contribution in [-0.2, 0) is 22.6 Å². The van der Waals surface area contributed by atoms with Gasteiger partial charge in [-0.3, -0.25) is 14.4 Å². The number of carbonyl (C=O) groups is 3. The molecule has 1 atom stereocenters. The summed E-state index contributed by atoms with van der Waals surface area (Å²) in [5.41, 5.74) is 4.42. The van der Waals surface area contributed by atoms with Gasteiger partial charge in [0.2, 0.25) is 11.8 Å². The summed E-state index contributed by atoms with van der Waals surface area (Å²) in [6.45, 7) is 5.66. The highest BCUT2D eigenvalue weighted by molar-refractivity contribution is 5.98. The molecule has 0 aliphatic carbocycles. The Hall–Kier alpha value is -3.15. The van der Waals surface area contributed by atoms with Crippen LogP contribution in [0, 0.1) is 6.92 Å². The van der Waals surface area contributed by atoms with Crippen LogP contribution in [0.25, 0.3) is 0 Å². The molecule has 1 N–H and O–H groups in total. The zero-order valence-corrected chi connectivity index (χ0v) is 18.2. The number of nitrogens with one attached hydrogen (secondary N) is 1. The van der Waals surface area contributed by atoms with Crippen molar-refractivity contribution in [2.75, 3.05) is 18.4 Å². The predicted octanol–water partition coefficient (Wildman–Crippen LogP) is 3.53. The highest BCUT2D eigenvalue weighted by Crippen LogP contribution is 2.29. The van der Waals surface area contributed by atoms with Crippen molar-refractivity contribution in [2.24, 2.45) is 0 Å². The van der Waals surface area contributed by atoms with E-state index in [1.807, 2.05) is 61.2 Å². The number of nitrogens with zero attached hydrogens (tertiary/aromatic N) is 2. The minimum atomic E-state index is -0.504. The van der Waals surface area contributed by atoms with Gasteiger partial charge in [-0.2, -0.15) is 0 Å². The van der Waals surface area contributed by atoms with E-state index >= 15 is 0 Å². The minimum absolute atomic E-state index is 0.0342. The summed E-state index contributed by atoms with van der Waals surface area (Å²) >= 11 is 0. The summed E-state index contributed by atoms with van der Waals surface area (Å²) in [6.07, 6.45) is 2.93. The zero-order chi connectivity index (χ0) is 22.0. The third-order valence-electron chi connectivity index (χ3n) is 6.20. The van der Waals surface area contributed by atoms with E-state index in [9.17, 15) is 14.4 Å². The fourth-order valence-electron chi connectivity index (χ4n) is 4.36. The van der Waals surface area contributed by atoms with Gasteiger partial charge >= 0.3 is 0 Å². The number of hydrogen-bond donors (Lipinski definition) is 1. The van der Waals surface area contributed by atoms with Crippen molar-refractivity contribution in [1.82, 2.24) is 9.80 Å². The molecule has 1 saturated heterocycles. The van der Waals surface area contributed by atoms with Crippen molar-refractivity contribution in [3.8, 4) is 0 Å². The van der Waals surface area contributed by atoms with E-state index in [4.69, 9.17) is 0 Å². The van der Waals surface area contributed by atoms with Crippen molar-refractivity contribution in [2.45, 2.75) is 52.1 Å². The summed E-state index contributed by atoms with van der Waals surface area (Å²) in [5.74, 6) is -0.149. The maximum absolute atomic E-state index is 13.4. The Labute approximate surface area is 183 Å². The first-order valence-electron chi connectivity index (χ1n) is 11.0. The molecule has 6 nitrogen and oxygen atoms in total. The molecule has 0 saturated carbocycles. The van der Waals surface area contributed by atoms with Crippen molar-refractivity contribution >= 4 is 23.4 Å². The number of likely N-dealkylation sites (tertiary alicyclic amines) is 1. The van der Waals surface area contributed by atoms with E-state index in [0.717, 1.165) is 48.3 Å². The molecule has 6 heteroatoms. The molecular weight excluding hydrogens is 390 g/mol. The Kier molecular flexibility index (Phi) is 6.07. The van der Waals surface area contributed by atoms with Crippen LogP contribution in [0.2, 0.25) is 0 Å². The standard InChI is InChI=1S/C25H29N3O3/c1-3-23(29)26-21-11-10-19-15-22(25(31)27-12-4-5-13-27)28(16-20(19)14-21)24(30)18-8-6-17(2)7-9-18/h6-11,14,22H,3-5,12-13,15-16H2,1-2H3,(H,26,29)/t22-/m0/s1. The number of hydrogen-bond acceptors (Lipinski definition) is 3. The Bertz CT molecular complexity index is 994. The van der Waals surface area contributed by atoms with E-state index < -0.39 is 6.04 Å². The fraction of sp³-hybridized carbons (Fsp3) is 0.400. The molecule has 2 aliphatic rings. The van der Waals surface area contributed by atoms with Crippen LogP contribution in [0.4, 0.5) is 5.69 Å². The van der Waals surface area contributed by atoms with Crippen LogP contribution in [0.1, 0.15) is 53.2 Å². The van der Waals surface area contributed by atoms with Gasteiger partial charge < -0.3 is 15.1 Å². The second-order valence-corrected chi connectivity index (χ2v) is 8.44. The predicted molar refractivity (Wildman–Crippen MR) is 120 cm³/mol. The van der Waals surface area contributed by atoms with E-state index in [2.05, 4.69) is 5.32 Å². The van der Waals surface area contributed by atoms with Crippen molar-refractivity contribution < 1.29 is 14.4 Å². The highest BCUT2D eigenvalue weighted by Gasteiger charge is 2.38. The molecule has 3 amide bonds. The summed E-state index contributed by atoms with van der Waals surface area (Å²) in [4.78, 5) is 42.2. The minimum Gasteiger partial charge on any atom is -0.341 e. The number of benzene rings is 2. The van der Waals surface area contributed by atoms with Crippen LogP contribution in [0.15, 0.2) is 42.5 Å². The first-order valence-corrected chi connectivity index (χ1v) is 11.0. The Balaban J connectivity index is 1.66. The second kappa shape index (κ2) is 8.92. The summed E-state index contributed by atoms with van der Waals surface area (Å²) in [6, 6.07) is 12.7. The Morgan fingerprint density at radius 3 is 2.39 bits per heavy atom. The van der Waals surface area contributed by atoms with Gasteiger partial charge in [-0.1, -0.05) is 30.7 Å². The molecule has 2 aliphatic heterocycles. The third kappa shape index (κ3) is 4.48. The van der Waals surface area contributed by atoms with Crippen molar-refractivity contribution in [3.63, 3.8) is 0 Å². The summed E-state index contributed by atoms with van der Waals surface area (Å²) in [7, 11) is 0. The average Bonchev–Trinajstić information content (AvgIpc) is 3.32. The fourth-order valence-corrected chi connectivity index (χ4v) is 4.36. The quantitative estimate of drug-likeness (QED) is 0.824. The number of amides is 3. The van der Waals surface area contributed by atoms with Crippen LogP contribution in [0.5, 0.6) is 0 Å². The van der Waals surface area contributed by atoms with Crippen LogP contribution >= 0.6 is 0 Å². The Morgan fingerprint density at radius 1 is 1.00 bits per heavy atom. The smallest absolute Gasteiger partial charge is 0.254 e. The number of carbonyl (C=O) groups excluding carboxylic acids is 3. The third-order valence-corrected chi connectivity index (χ3v) is 6.20. The molecule has 2 heterocycles. The van der Waals surface area contributed by atoms with E-state index in [-0.39, 0.29) is 17.7 Å². The average molecular weight is 420 g/mol. The molecule has 162 valence electrons. The van der Waals surface area contributed by atoms with Gasteiger partial charge in [0.25, 0.3) is 5.91 Å².